The molecule has 0 aromatic rings. The molecule has 3 nitrogen and oxygen atoms in total. The van der Waals surface area contributed by atoms with Gasteiger partial charge in [0, 0.05) is 19.1 Å². The van der Waals surface area contributed by atoms with E-state index in [1.165, 1.54) is 19.4 Å². The lowest BCUT2D eigenvalue weighted by molar-refractivity contribution is 0.107. The van der Waals surface area contributed by atoms with Gasteiger partial charge in [0.15, 0.2) is 0 Å². The molecule has 0 aliphatic carbocycles. The van der Waals surface area contributed by atoms with Crippen molar-refractivity contribution < 1.29 is 5.11 Å². The Morgan fingerprint density at radius 1 is 1.50 bits per heavy atom. The monoisotopic (exact) mass is 200 g/mol. The quantitative estimate of drug-likeness (QED) is 0.667. The van der Waals surface area contributed by atoms with Crippen LogP contribution in [0.25, 0.3) is 0 Å². The lowest BCUT2D eigenvalue weighted by Crippen LogP contribution is -2.41. The lowest BCUT2D eigenvalue weighted by atomic mass is 10.2. The molecule has 0 bridgehead atoms. The first-order valence-corrected chi connectivity index (χ1v) is 5.90. The normalized spacial score (nSPS) is 24.4. The van der Waals surface area contributed by atoms with E-state index in [4.69, 9.17) is 0 Å². The molecule has 84 valence electrons. The minimum Gasteiger partial charge on any atom is -0.392 e. The van der Waals surface area contributed by atoms with Crippen molar-refractivity contribution in [2.75, 3.05) is 26.2 Å². The molecule has 0 spiro atoms. The second kappa shape index (κ2) is 6.38. The first-order chi connectivity index (χ1) is 6.76. The molecule has 14 heavy (non-hydrogen) atoms. The summed E-state index contributed by atoms with van der Waals surface area (Å²) in [4.78, 5) is 2.34. The fourth-order valence-electron chi connectivity index (χ4n) is 1.98. The Balaban J connectivity index is 2.22. The van der Waals surface area contributed by atoms with Crippen LogP contribution in [-0.4, -0.2) is 48.3 Å². The SMILES string of the molecule is CCC(O)CN(CC)CC1CCCN1. The zero-order valence-corrected chi connectivity index (χ0v) is 9.50. The number of rotatable bonds is 6. The van der Waals surface area contributed by atoms with Gasteiger partial charge in [-0.3, -0.25) is 4.90 Å². The summed E-state index contributed by atoms with van der Waals surface area (Å²) in [7, 11) is 0. The molecule has 0 aromatic carbocycles. The number of hydrogen-bond donors (Lipinski definition) is 2. The molecule has 0 amide bonds. The molecule has 1 aliphatic heterocycles. The maximum Gasteiger partial charge on any atom is 0.0664 e. The van der Waals surface area contributed by atoms with Crippen LogP contribution in [0.3, 0.4) is 0 Å². The van der Waals surface area contributed by atoms with Crippen LogP contribution in [0.5, 0.6) is 0 Å². The van der Waals surface area contributed by atoms with E-state index in [9.17, 15) is 5.11 Å². The zero-order valence-electron chi connectivity index (χ0n) is 9.50. The summed E-state index contributed by atoms with van der Waals surface area (Å²) < 4.78 is 0. The Kier molecular flexibility index (Phi) is 5.45. The molecule has 1 rings (SSSR count). The van der Waals surface area contributed by atoms with Crippen LogP contribution in [0.1, 0.15) is 33.1 Å². The van der Waals surface area contributed by atoms with Crippen LogP contribution in [0.4, 0.5) is 0 Å². The summed E-state index contributed by atoms with van der Waals surface area (Å²) in [6, 6.07) is 0.652. The highest BCUT2D eigenvalue weighted by atomic mass is 16.3. The molecular weight excluding hydrogens is 176 g/mol. The Labute approximate surface area is 87.5 Å². The predicted molar refractivity (Wildman–Crippen MR) is 59.4 cm³/mol. The molecule has 1 heterocycles. The van der Waals surface area contributed by atoms with Crippen LogP contribution in [0, 0.1) is 0 Å². The van der Waals surface area contributed by atoms with Crippen molar-refractivity contribution in [1.82, 2.24) is 10.2 Å². The molecule has 2 atom stereocenters. The van der Waals surface area contributed by atoms with Crippen molar-refractivity contribution >= 4 is 0 Å². The molecule has 1 saturated heterocycles. The fraction of sp³-hybridized carbons (Fsp3) is 1.00. The van der Waals surface area contributed by atoms with Crippen molar-refractivity contribution in [3.8, 4) is 0 Å². The van der Waals surface area contributed by atoms with Gasteiger partial charge in [-0.05, 0) is 32.4 Å². The Morgan fingerprint density at radius 2 is 2.29 bits per heavy atom. The van der Waals surface area contributed by atoms with E-state index in [0.29, 0.717) is 6.04 Å². The van der Waals surface area contributed by atoms with E-state index in [2.05, 4.69) is 17.1 Å². The van der Waals surface area contributed by atoms with Crippen molar-refractivity contribution in [1.29, 1.82) is 0 Å². The van der Waals surface area contributed by atoms with Gasteiger partial charge < -0.3 is 10.4 Å². The highest BCUT2D eigenvalue weighted by molar-refractivity contribution is 4.78. The molecule has 3 heteroatoms. The van der Waals surface area contributed by atoms with Crippen LogP contribution < -0.4 is 5.32 Å². The van der Waals surface area contributed by atoms with Gasteiger partial charge in [0.1, 0.15) is 0 Å². The summed E-state index contributed by atoms with van der Waals surface area (Å²) >= 11 is 0. The zero-order chi connectivity index (χ0) is 10.4. The third kappa shape index (κ3) is 3.95. The van der Waals surface area contributed by atoms with Gasteiger partial charge in [-0.25, -0.2) is 0 Å². The highest BCUT2D eigenvalue weighted by Gasteiger charge is 2.18. The Hall–Kier alpha value is -0.120. The average molecular weight is 200 g/mol. The van der Waals surface area contributed by atoms with Gasteiger partial charge >= 0.3 is 0 Å². The van der Waals surface area contributed by atoms with E-state index >= 15 is 0 Å². The van der Waals surface area contributed by atoms with Gasteiger partial charge in [-0.1, -0.05) is 13.8 Å². The molecule has 1 fully saturated rings. The van der Waals surface area contributed by atoms with Gasteiger partial charge in [0.25, 0.3) is 0 Å². The average Bonchev–Trinajstić information content (AvgIpc) is 2.69. The summed E-state index contributed by atoms with van der Waals surface area (Å²) in [5.41, 5.74) is 0. The molecule has 2 N–H and O–H groups in total. The number of nitrogens with one attached hydrogen (secondary N) is 1. The van der Waals surface area contributed by atoms with Crippen molar-refractivity contribution in [2.24, 2.45) is 0 Å². The first-order valence-electron chi connectivity index (χ1n) is 5.90. The number of aliphatic hydroxyl groups excluding tert-OH is 1. The maximum atomic E-state index is 9.57. The van der Waals surface area contributed by atoms with Gasteiger partial charge in [-0.2, -0.15) is 0 Å². The topological polar surface area (TPSA) is 35.5 Å². The minimum absolute atomic E-state index is 0.156. The van der Waals surface area contributed by atoms with E-state index in [1.807, 2.05) is 6.92 Å². The van der Waals surface area contributed by atoms with Crippen molar-refractivity contribution in [2.45, 2.75) is 45.3 Å². The third-order valence-electron chi connectivity index (χ3n) is 3.03. The number of hydrogen-bond acceptors (Lipinski definition) is 3. The lowest BCUT2D eigenvalue weighted by Gasteiger charge is -2.26. The van der Waals surface area contributed by atoms with Crippen LogP contribution in [-0.2, 0) is 0 Å². The summed E-state index contributed by atoms with van der Waals surface area (Å²) in [6.07, 6.45) is 3.29. The summed E-state index contributed by atoms with van der Waals surface area (Å²) in [5.74, 6) is 0. The molecule has 1 aliphatic rings. The second-order valence-corrected chi connectivity index (χ2v) is 4.21. The van der Waals surface area contributed by atoms with E-state index in [1.54, 1.807) is 0 Å². The van der Waals surface area contributed by atoms with E-state index in [-0.39, 0.29) is 6.10 Å². The van der Waals surface area contributed by atoms with Crippen LogP contribution in [0.15, 0.2) is 0 Å². The number of nitrogens with zero attached hydrogens (tertiary/aromatic N) is 1. The van der Waals surface area contributed by atoms with Gasteiger partial charge in [-0.15, -0.1) is 0 Å². The molecular formula is C11H24N2O. The molecule has 2 unspecified atom stereocenters. The number of likely N-dealkylation sites (N-methyl/N-ethyl adjacent to an activating group) is 1. The van der Waals surface area contributed by atoms with Crippen molar-refractivity contribution in [3.05, 3.63) is 0 Å². The second-order valence-electron chi connectivity index (χ2n) is 4.21. The van der Waals surface area contributed by atoms with E-state index in [0.717, 1.165) is 26.1 Å². The Morgan fingerprint density at radius 3 is 2.79 bits per heavy atom. The van der Waals surface area contributed by atoms with Crippen LogP contribution >= 0.6 is 0 Å². The smallest absolute Gasteiger partial charge is 0.0664 e. The fourth-order valence-corrected chi connectivity index (χ4v) is 1.98. The van der Waals surface area contributed by atoms with Crippen LogP contribution in [0.2, 0.25) is 0 Å². The summed E-state index contributed by atoms with van der Waals surface area (Å²) in [5, 5.41) is 13.1. The maximum absolute atomic E-state index is 9.57. The molecule has 0 radical (unpaired) electrons. The largest absolute Gasteiger partial charge is 0.392 e. The first kappa shape index (κ1) is 12.0. The number of aliphatic hydroxyl groups is 1. The summed E-state index contributed by atoms with van der Waals surface area (Å²) in [6.45, 7) is 8.32. The van der Waals surface area contributed by atoms with Crippen molar-refractivity contribution in [3.63, 3.8) is 0 Å². The predicted octanol–water partition coefficient (Wildman–Crippen LogP) is 0.831. The highest BCUT2D eigenvalue weighted by Crippen LogP contribution is 2.07. The molecule has 0 saturated carbocycles. The van der Waals surface area contributed by atoms with E-state index < -0.39 is 0 Å². The Bertz CT molecular complexity index is 146. The third-order valence-corrected chi connectivity index (χ3v) is 3.03. The standard InChI is InChI=1S/C11H24N2O/c1-3-11(14)9-13(4-2)8-10-6-5-7-12-10/h10-12,14H,3-9H2,1-2H3. The minimum atomic E-state index is -0.156. The van der Waals surface area contributed by atoms with Gasteiger partial charge in [0.2, 0.25) is 0 Å². The molecule has 0 aromatic heterocycles. The van der Waals surface area contributed by atoms with Gasteiger partial charge in [0.05, 0.1) is 6.10 Å².